The Bertz CT molecular complexity index is 794. The van der Waals surface area contributed by atoms with Crippen LogP contribution >= 0.6 is 0 Å². The van der Waals surface area contributed by atoms with Gasteiger partial charge in [-0.2, -0.15) is 5.10 Å². The van der Waals surface area contributed by atoms with Gasteiger partial charge < -0.3 is 10.4 Å². The van der Waals surface area contributed by atoms with Gasteiger partial charge in [-0.05, 0) is 42.8 Å². The summed E-state index contributed by atoms with van der Waals surface area (Å²) in [4.78, 5) is 12.3. The van der Waals surface area contributed by atoms with Crippen LogP contribution < -0.4 is 5.32 Å². The molecular weight excluding hydrogens is 302 g/mol. The molecule has 5 nitrogen and oxygen atoms in total. The van der Waals surface area contributed by atoms with E-state index in [4.69, 9.17) is 0 Å². The van der Waals surface area contributed by atoms with Crippen LogP contribution in [0.5, 0.6) is 0 Å². The monoisotopic (exact) mass is 321 g/mol. The van der Waals surface area contributed by atoms with E-state index in [-0.39, 0.29) is 12.5 Å². The average Bonchev–Trinajstić information content (AvgIpc) is 3.15. The van der Waals surface area contributed by atoms with Gasteiger partial charge in [0, 0.05) is 18.0 Å². The van der Waals surface area contributed by atoms with Crippen LogP contribution in [-0.2, 0) is 5.60 Å². The third-order valence-electron chi connectivity index (χ3n) is 3.89. The van der Waals surface area contributed by atoms with Crippen molar-refractivity contribution in [1.82, 2.24) is 15.1 Å². The lowest BCUT2D eigenvalue weighted by Crippen LogP contribution is -2.38. The standard InChI is InChI=1S/C19H19N3O2/c1-19(24,16-6-3-2-4-7-16)14-20-18(23)15-8-10-17(11-9-15)22-13-5-12-21-22/h2-13,24H,14H2,1H3,(H,20,23). The molecule has 1 amide bonds. The molecule has 0 radical (unpaired) electrons. The predicted molar refractivity (Wildman–Crippen MR) is 91.9 cm³/mol. The van der Waals surface area contributed by atoms with Gasteiger partial charge in [-0.25, -0.2) is 4.68 Å². The Morgan fingerprint density at radius 3 is 2.46 bits per heavy atom. The normalized spacial score (nSPS) is 13.2. The summed E-state index contributed by atoms with van der Waals surface area (Å²) in [5, 5.41) is 17.5. The lowest BCUT2D eigenvalue weighted by atomic mass is 9.96. The topological polar surface area (TPSA) is 67.2 Å². The van der Waals surface area contributed by atoms with Crippen LogP contribution in [0.1, 0.15) is 22.8 Å². The number of amides is 1. The number of aromatic nitrogens is 2. The van der Waals surface area contributed by atoms with E-state index >= 15 is 0 Å². The zero-order valence-corrected chi connectivity index (χ0v) is 13.4. The fraction of sp³-hybridized carbons (Fsp3) is 0.158. The molecule has 2 aromatic carbocycles. The van der Waals surface area contributed by atoms with Crippen molar-refractivity contribution in [2.75, 3.05) is 6.54 Å². The molecule has 122 valence electrons. The summed E-state index contributed by atoms with van der Waals surface area (Å²) in [5.41, 5.74) is 1.06. The van der Waals surface area contributed by atoms with Gasteiger partial charge in [-0.15, -0.1) is 0 Å². The molecule has 0 spiro atoms. The first-order chi connectivity index (χ1) is 11.6. The van der Waals surface area contributed by atoms with E-state index in [2.05, 4.69) is 10.4 Å². The molecule has 3 aromatic rings. The Morgan fingerprint density at radius 2 is 1.83 bits per heavy atom. The van der Waals surface area contributed by atoms with Crippen molar-refractivity contribution >= 4 is 5.91 Å². The highest BCUT2D eigenvalue weighted by Crippen LogP contribution is 2.19. The summed E-state index contributed by atoms with van der Waals surface area (Å²) in [6.07, 6.45) is 3.54. The van der Waals surface area contributed by atoms with E-state index in [0.29, 0.717) is 5.56 Å². The zero-order chi connectivity index (χ0) is 17.0. The number of rotatable bonds is 5. The van der Waals surface area contributed by atoms with Gasteiger partial charge in [-0.1, -0.05) is 30.3 Å². The van der Waals surface area contributed by atoms with Crippen molar-refractivity contribution in [3.05, 3.63) is 84.2 Å². The Hall–Kier alpha value is -2.92. The van der Waals surface area contributed by atoms with Gasteiger partial charge in [0.2, 0.25) is 0 Å². The molecule has 0 aliphatic rings. The summed E-state index contributed by atoms with van der Waals surface area (Å²) in [6.45, 7) is 1.82. The molecule has 0 bridgehead atoms. The number of carbonyl (C=O) groups excluding carboxylic acids is 1. The number of benzene rings is 2. The number of hydrogen-bond donors (Lipinski definition) is 2. The maximum Gasteiger partial charge on any atom is 0.251 e. The number of nitrogens with one attached hydrogen (secondary N) is 1. The van der Waals surface area contributed by atoms with Crippen LogP contribution in [0.4, 0.5) is 0 Å². The molecule has 0 saturated carbocycles. The number of aliphatic hydroxyl groups is 1. The van der Waals surface area contributed by atoms with Crippen LogP contribution in [-0.4, -0.2) is 27.3 Å². The Morgan fingerprint density at radius 1 is 1.12 bits per heavy atom. The molecule has 2 N–H and O–H groups in total. The maximum absolute atomic E-state index is 12.3. The second-order valence-corrected chi connectivity index (χ2v) is 5.82. The molecule has 0 saturated heterocycles. The minimum atomic E-state index is -1.12. The zero-order valence-electron chi connectivity index (χ0n) is 13.4. The van der Waals surface area contributed by atoms with Crippen molar-refractivity contribution < 1.29 is 9.90 Å². The van der Waals surface area contributed by atoms with Crippen molar-refractivity contribution in [1.29, 1.82) is 0 Å². The summed E-state index contributed by atoms with van der Waals surface area (Å²) < 4.78 is 1.72. The third-order valence-corrected chi connectivity index (χ3v) is 3.89. The minimum Gasteiger partial charge on any atom is -0.384 e. The van der Waals surface area contributed by atoms with Crippen molar-refractivity contribution in [3.8, 4) is 5.69 Å². The molecule has 3 rings (SSSR count). The third kappa shape index (κ3) is 3.52. The van der Waals surface area contributed by atoms with Gasteiger partial charge in [0.15, 0.2) is 0 Å². The van der Waals surface area contributed by atoms with E-state index < -0.39 is 5.60 Å². The van der Waals surface area contributed by atoms with Gasteiger partial charge in [0.25, 0.3) is 5.91 Å². The highest BCUT2D eigenvalue weighted by atomic mass is 16.3. The number of carbonyl (C=O) groups is 1. The van der Waals surface area contributed by atoms with Crippen molar-refractivity contribution in [2.24, 2.45) is 0 Å². The van der Waals surface area contributed by atoms with E-state index in [1.165, 1.54) is 0 Å². The molecule has 0 fully saturated rings. The summed E-state index contributed by atoms with van der Waals surface area (Å²) in [7, 11) is 0. The van der Waals surface area contributed by atoms with Gasteiger partial charge >= 0.3 is 0 Å². The lowest BCUT2D eigenvalue weighted by molar-refractivity contribution is 0.0526. The van der Waals surface area contributed by atoms with Gasteiger partial charge in [0.1, 0.15) is 5.60 Å². The highest BCUT2D eigenvalue weighted by Gasteiger charge is 2.23. The molecule has 1 atom stereocenters. The molecule has 0 aliphatic heterocycles. The van der Waals surface area contributed by atoms with Crippen LogP contribution in [0.25, 0.3) is 5.69 Å². The first-order valence-electron chi connectivity index (χ1n) is 7.72. The fourth-order valence-corrected chi connectivity index (χ4v) is 2.44. The first-order valence-corrected chi connectivity index (χ1v) is 7.72. The largest absolute Gasteiger partial charge is 0.384 e. The second-order valence-electron chi connectivity index (χ2n) is 5.82. The number of hydrogen-bond acceptors (Lipinski definition) is 3. The Labute approximate surface area is 140 Å². The van der Waals surface area contributed by atoms with Crippen LogP contribution in [0.3, 0.4) is 0 Å². The van der Waals surface area contributed by atoms with Crippen molar-refractivity contribution in [3.63, 3.8) is 0 Å². The SMILES string of the molecule is CC(O)(CNC(=O)c1ccc(-n2cccn2)cc1)c1ccccc1. The molecule has 1 unspecified atom stereocenters. The average molecular weight is 321 g/mol. The molecule has 24 heavy (non-hydrogen) atoms. The first kappa shape index (κ1) is 16.0. The molecule has 1 heterocycles. The minimum absolute atomic E-state index is 0.136. The highest BCUT2D eigenvalue weighted by molar-refractivity contribution is 5.94. The molecular formula is C19H19N3O2. The molecule has 5 heteroatoms. The van der Waals surface area contributed by atoms with E-state index in [1.807, 2.05) is 54.7 Å². The summed E-state index contributed by atoms with van der Waals surface area (Å²) in [5.74, 6) is -0.224. The molecule has 0 aliphatic carbocycles. The summed E-state index contributed by atoms with van der Waals surface area (Å²) >= 11 is 0. The maximum atomic E-state index is 12.3. The van der Waals surface area contributed by atoms with E-state index in [1.54, 1.807) is 29.9 Å². The lowest BCUT2D eigenvalue weighted by Gasteiger charge is -2.24. The van der Waals surface area contributed by atoms with E-state index in [9.17, 15) is 9.90 Å². The van der Waals surface area contributed by atoms with Crippen LogP contribution in [0.2, 0.25) is 0 Å². The van der Waals surface area contributed by atoms with Crippen molar-refractivity contribution in [2.45, 2.75) is 12.5 Å². The number of nitrogens with zero attached hydrogens (tertiary/aromatic N) is 2. The Kier molecular flexibility index (Phi) is 4.44. The predicted octanol–water partition coefficient (Wildman–Crippen LogP) is 2.51. The molecule has 1 aromatic heterocycles. The van der Waals surface area contributed by atoms with Crippen LogP contribution in [0.15, 0.2) is 73.1 Å². The second kappa shape index (κ2) is 6.68. The quantitative estimate of drug-likeness (QED) is 0.759. The van der Waals surface area contributed by atoms with Crippen LogP contribution in [0, 0.1) is 0 Å². The van der Waals surface area contributed by atoms with E-state index in [0.717, 1.165) is 11.3 Å². The smallest absolute Gasteiger partial charge is 0.251 e. The van der Waals surface area contributed by atoms with Gasteiger partial charge in [-0.3, -0.25) is 4.79 Å². The Balaban J connectivity index is 1.65. The fourth-order valence-electron chi connectivity index (χ4n) is 2.44. The van der Waals surface area contributed by atoms with Gasteiger partial charge in [0.05, 0.1) is 12.2 Å². The summed E-state index contributed by atoms with van der Waals surface area (Å²) in [6, 6.07) is 18.3.